The van der Waals surface area contributed by atoms with Crippen molar-refractivity contribution in [1.82, 2.24) is 0 Å². The van der Waals surface area contributed by atoms with Gasteiger partial charge in [0.2, 0.25) is 0 Å². The highest BCUT2D eigenvalue weighted by Gasteiger charge is 2.35. The van der Waals surface area contributed by atoms with Gasteiger partial charge in [0.15, 0.2) is 0 Å². The van der Waals surface area contributed by atoms with Gasteiger partial charge in [-0.15, -0.1) is 0 Å². The molecule has 0 radical (unpaired) electrons. The van der Waals surface area contributed by atoms with E-state index in [0.717, 1.165) is 23.1 Å². The second-order valence-electron chi connectivity index (χ2n) is 3.03. The number of hydrogen-bond donors (Lipinski definition) is 0. The van der Waals surface area contributed by atoms with Gasteiger partial charge in [0.05, 0.1) is 11.3 Å². The number of rotatable bonds is 1. The van der Waals surface area contributed by atoms with E-state index in [4.69, 9.17) is 0 Å². The molecule has 1 rings (SSSR count). The van der Waals surface area contributed by atoms with Crippen molar-refractivity contribution >= 4 is 5.69 Å². The third-order valence-corrected chi connectivity index (χ3v) is 1.74. The van der Waals surface area contributed by atoms with Gasteiger partial charge < -0.3 is 4.90 Å². The van der Waals surface area contributed by atoms with Gasteiger partial charge in [0.1, 0.15) is 5.82 Å². The SMILES string of the molecule is CN(C)c1c(F)cccc1C(F)(F)F. The van der Waals surface area contributed by atoms with Gasteiger partial charge in [-0.2, -0.15) is 13.2 Å². The van der Waals surface area contributed by atoms with Crippen molar-refractivity contribution < 1.29 is 17.6 Å². The molecule has 0 bridgehead atoms. The quantitative estimate of drug-likeness (QED) is 0.640. The maximum Gasteiger partial charge on any atom is 0.418 e. The molecule has 0 saturated heterocycles. The van der Waals surface area contributed by atoms with Crippen LogP contribution in [0.5, 0.6) is 0 Å². The Balaban J connectivity index is 3.36. The van der Waals surface area contributed by atoms with Crippen LogP contribution >= 0.6 is 0 Å². The molecular formula is C9H9F4N. The Bertz CT molecular complexity index is 330. The van der Waals surface area contributed by atoms with Crippen LogP contribution in [0.2, 0.25) is 0 Å². The summed E-state index contributed by atoms with van der Waals surface area (Å²) < 4.78 is 50.3. The van der Waals surface area contributed by atoms with Crippen molar-refractivity contribution in [3.8, 4) is 0 Å². The molecule has 14 heavy (non-hydrogen) atoms. The minimum atomic E-state index is -4.53. The maximum absolute atomic E-state index is 13.1. The van der Waals surface area contributed by atoms with Crippen LogP contribution in [0.15, 0.2) is 18.2 Å². The van der Waals surface area contributed by atoms with E-state index in [1.165, 1.54) is 14.1 Å². The fraction of sp³-hybridized carbons (Fsp3) is 0.333. The number of nitrogens with zero attached hydrogens (tertiary/aromatic N) is 1. The third kappa shape index (κ3) is 1.97. The van der Waals surface area contributed by atoms with Gasteiger partial charge in [-0.3, -0.25) is 0 Å². The highest BCUT2D eigenvalue weighted by atomic mass is 19.4. The van der Waals surface area contributed by atoms with E-state index in [0.29, 0.717) is 0 Å². The lowest BCUT2D eigenvalue weighted by atomic mass is 10.1. The van der Waals surface area contributed by atoms with Gasteiger partial charge in [0.25, 0.3) is 0 Å². The van der Waals surface area contributed by atoms with E-state index in [1.807, 2.05) is 0 Å². The molecule has 1 nitrogen and oxygen atoms in total. The van der Waals surface area contributed by atoms with Crippen LogP contribution in [-0.4, -0.2) is 14.1 Å². The Kier molecular flexibility index (Phi) is 2.69. The molecule has 0 aromatic heterocycles. The van der Waals surface area contributed by atoms with Gasteiger partial charge in [0, 0.05) is 14.1 Å². The lowest BCUT2D eigenvalue weighted by Crippen LogP contribution is -2.18. The first-order valence-corrected chi connectivity index (χ1v) is 3.87. The summed E-state index contributed by atoms with van der Waals surface area (Å²) in [6, 6.07) is 2.91. The van der Waals surface area contributed by atoms with Gasteiger partial charge in [-0.05, 0) is 12.1 Å². The third-order valence-electron chi connectivity index (χ3n) is 1.74. The Morgan fingerprint density at radius 3 is 2.07 bits per heavy atom. The molecule has 1 aromatic rings. The molecule has 0 heterocycles. The van der Waals surface area contributed by atoms with E-state index in [2.05, 4.69) is 0 Å². The minimum Gasteiger partial charge on any atom is -0.375 e. The van der Waals surface area contributed by atoms with Gasteiger partial charge >= 0.3 is 6.18 Å². The van der Waals surface area contributed by atoms with Crippen molar-refractivity contribution in [3.63, 3.8) is 0 Å². The molecule has 0 fully saturated rings. The largest absolute Gasteiger partial charge is 0.418 e. The van der Waals surface area contributed by atoms with Crippen LogP contribution in [0, 0.1) is 5.82 Å². The summed E-state index contributed by atoms with van der Waals surface area (Å²) in [4.78, 5) is 1.11. The molecule has 0 N–H and O–H groups in total. The first kappa shape index (κ1) is 10.8. The topological polar surface area (TPSA) is 3.24 Å². The van der Waals surface area contributed by atoms with Crippen molar-refractivity contribution in [3.05, 3.63) is 29.6 Å². The summed E-state index contributed by atoms with van der Waals surface area (Å²) in [6.07, 6.45) is -4.53. The number of halogens is 4. The number of alkyl halides is 3. The van der Waals surface area contributed by atoms with E-state index in [1.54, 1.807) is 0 Å². The smallest absolute Gasteiger partial charge is 0.375 e. The lowest BCUT2D eigenvalue weighted by molar-refractivity contribution is -0.137. The average molecular weight is 207 g/mol. The van der Waals surface area contributed by atoms with Crippen LogP contribution in [0.1, 0.15) is 5.56 Å². The zero-order chi connectivity index (χ0) is 10.9. The van der Waals surface area contributed by atoms with Gasteiger partial charge in [-0.25, -0.2) is 4.39 Å². The fourth-order valence-electron chi connectivity index (χ4n) is 1.20. The normalized spacial score (nSPS) is 11.6. The van der Waals surface area contributed by atoms with Crippen molar-refractivity contribution in [2.45, 2.75) is 6.18 Å². The molecule has 78 valence electrons. The Morgan fingerprint density at radius 2 is 1.71 bits per heavy atom. The zero-order valence-electron chi connectivity index (χ0n) is 7.69. The molecule has 0 saturated carbocycles. The molecule has 0 unspecified atom stereocenters. The molecule has 0 aliphatic heterocycles. The highest BCUT2D eigenvalue weighted by Crippen LogP contribution is 2.37. The van der Waals surface area contributed by atoms with E-state index in [-0.39, 0.29) is 0 Å². The molecule has 0 atom stereocenters. The predicted molar refractivity (Wildman–Crippen MR) is 45.7 cm³/mol. The lowest BCUT2D eigenvalue weighted by Gasteiger charge is -2.19. The Morgan fingerprint density at radius 1 is 1.14 bits per heavy atom. The van der Waals surface area contributed by atoms with Crippen molar-refractivity contribution in [2.24, 2.45) is 0 Å². The molecule has 0 spiro atoms. The summed E-state index contributed by atoms with van der Waals surface area (Å²) in [5.41, 5.74) is -1.39. The number of hydrogen-bond acceptors (Lipinski definition) is 1. The second kappa shape index (κ2) is 3.48. The number of anilines is 1. The van der Waals surface area contributed by atoms with Crippen LogP contribution in [0.4, 0.5) is 23.2 Å². The monoisotopic (exact) mass is 207 g/mol. The summed E-state index contributed by atoms with van der Waals surface area (Å²) >= 11 is 0. The summed E-state index contributed by atoms with van der Waals surface area (Å²) in [6.45, 7) is 0. The molecule has 0 amide bonds. The molecule has 5 heteroatoms. The number of benzene rings is 1. The zero-order valence-corrected chi connectivity index (χ0v) is 7.69. The second-order valence-corrected chi connectivity index (χ2v) is 3.03. The van der Waals surface area contributed by atoms with Crippen LogP contribution < -0.4 is 4.90 Å². The predicted octanol–water partition coefficient (Wildman–Crippen LogP) is 2.91. The van der Waals surface area contributed by atoms with E-state index >= 15 is 0 Å². The summed E-state index contributed by atoms with van der Waals surface area (Å²) in [5, 5.41) is 0. The first-order chi connectivity index (χ1) is 6.34. The van der Waals surface area contributed by atoms with E-state index in [9.17, 15) is 17.6 Å². The van der Waals surface area contributed by atoms with Crippen molar-refractivity contribution in [1.29, 1.82) is 0 Å². The van der Waals surface area contributed by atoms with Gasteiger partial charge in [-0.1, -0.05) is 6.07 Å². The Labute approximate surface area is 78.9 Å². The standard InChI is InChI=1S/C9H9F4N/c1-14(2)8-6(9(11,12)13)4-3-5-7(8)10/h3-5H,1-2H3. The first-order valence-electron chi connectivity index (χ1n) is 3.87. The van der Waals surface area contributed by atoms with Crippen LogP contribution in [0.25, 0.3) is 0 Å². The minimum absolute atomic E-state index is 0.431. The fourth-order valence-corrected chi connectivity index (χ4v) is 1.20. The molecule has 0 aliphatic rings. The molecule has 0 aliphatic carbocycles. The average Bonchev–Trinajstić information content (AvgIpc) is 2.01. The Hall–Kier alpha value is -1.26. The van der Waals surface area contributed by atoms with Crippen molar-refractivity contribution in [2.75, 3.05) is 19.0 Å². The molecular weight excluding hydrogens is 198 g/mol. The maximum atomic E-state index is 13.1. The van der Waals surface area contributed by atoms with E-state index < -0.39 is 23.2 Å². The van der Waals surface area contributed by atoms with Crippen LogP contribution in [0.3, 0.4) is 0 Å². The summed E-state index contributed by atoms with van der Waals surface area (Å²) in [7, 11) is 2.74. The summed E-state index contributed by atoms with van der Waals surface area (Å²) in [5.74, 6) is -0.871. The van der Waals surface area contributed by atoms with Crippen LogP contribution in [-0.2, 0) is 6.18 Å². The highest BCUT2D eigenvalue weighted by molar-refractivity contribution is 5.55. The molecule has 1 aromatic carbocycles. The number of para-hydroxylation sites is 1.